The molecule has 0 aliphatic heterocycles. The van der Waals surface area contributed by atoms with E-state index in [-0.39, 0.29) is 6.04 Å². The maximum atomic E-state index is 6.08. The van der Waals surface area contributed by atoms with Gasteiger partial charge >= 0.3 is 0 Å². The second kappa shape index (κ2) is 3.94. The van der Waals surface area contributed by atoms with Gasteiger partial charge in [-0.25, -0.2) is 0 Å². The minimum Gasteiger partial charge on any atom is -0.322 e. The Hall–Kier alpha value is -1.13. The Balaban J connectivity index is 2.10. The molecule has 2 rings (SSSR count). The van der Waals surface area contributed by atoms with Crippen molar-refractivity contribution in [1.82, 2.24) is 9.78 Å². The largest absolute Gasteiger partial charge is 0.322 e. The first kappa shape index (κ1) is 9.43. The first-order chi connectivity index (χ1) is 6.77. The minimum absolute atomic E-state index is 0.0390. The van der Waals surface area contributed by atoms with Crippen LogP contribution >= 0.6 is 11.3 Å². The van der Waals surface area contributed by atoms with Gasteiger partial charge in [-0.1, -0.05) is 0 Å². The Bertz CT molecular complexity index is 391. The smallest absolute Gasteiger partial charge is 0.0551 e. The van der Waals surface area contributed by atoms with E-state index in [9.17, 15) is 0 Å². The number of thiophene rings is 1. The fourth-order valence-electron chi connectivity index (χ4n) is 1.52. The van der Waals surface area contributed by atoms with Crippen LogP contribution < -0.4 is 5.73 Å². The second-order valence-electron chi connectivity index (χ2n) is 3.32. The third-order valence-corrected chi connectivity index (χ3v) is 3.01. The Morgan fingerprint density at radius 1 is 1.57 bits per heavy atom. The quantitative estimate of drug-likeness (QED) is 0.833. The summed E-state index contributed by atoms with van der Waals surface area (Å²) in [6.45, 7) is 0. The Labute approximate surface area is 87.2 Å². The van der Waals surface area contributed by atoms with E-state index in [4.69, 9.17) is 5.73 Å². The van der Waals surface area contributed by atoms with Crippen molar-refractivity contribution in [1.29, 1.82) is 0 Å². The van der Waals surface area contributed by atoms with Gasteiger partial charge in [-0.3, -0.25) is 4.68 Å². The van der Waals surface area contributed by atoms with Crippen molar-refractivity contribution in [2.45, 2.75) is 12.5 Å². The number of aromatic nitrogens is 2. The van der Waals surface area contributed by atoms with Crippen molar-refractivity contribution in [3.8, 4) is 0 Å². The van der Waals surface area contributed by atoms with Gasteiger partial charge in [0, 0.05) is 13.2 Å². The van der Waals surface area contributed by atoms with E-state index < -0.39 is 0 Å². The van der Waals surface area contributed by atoms with E-state index in [1.807, 2.05) is 17.8 Å². The summed E-state index contributed by atoms with van der Waals surface area (Å²) in [4.78, 5) is 0. The van der Waals surface area contributed by atoms with E-state index >= 15 is 0 Å². The van der Waals surface area contributed by atoms with Crippen LogP contribution in [0.15, 0.2) is 29.1 Å². The molecule has 0 amide bonds. The lowest BCUT2D eigenvalue weighted by molar-refractivity contribution is 0.617. The lowest BCUT2D eigenvalue weighted by atomic mass is 10.1. The molecule has 0 saturated carbocycles. The van der Waals surface area contributed by atoms with E-state index in [2.05, 4.69) is 21.9 Å². The fourth-order valence-corrected chi connectivity index (χ4v) is 2.20. The summed E-state index contributed by atoms with van der Waals surface area (Å²) < 4.78 is 1.83. The summed E-state index contributed by atoms with van der Waals surface area (Å²) in [6, 6.07) is 4.12. The van der Waals surface area contributed by atoms with Crippen molar-refractivity contribution in [3.63, 3.8) is 0 Å². The highest BCUT2D eigenvalue weighted by molar-refractivity contribution is 7.07. The molecule has 0 fully saturated rings. The zero-order chi connectivity index (χ0) is 9.97. The van der Waals surface area contributed by atoms with Gasteiger partial charge in [0.2, 0.25) is 0 Å². The Morgan fingerprint density at radius 3 is 3.00 bits per heavy atom. The van der Waals surface area contributed by atoms with Crippen molar-refractivity contribution < 1.29 is 0 Å². The summed E-state index contributed by atoms with van der Waals surface area (Å²) in [7, 11) is 1.92. The predicted octanol–water partition coefficient (Wildman–Crippen LogP) is 1.72. The molecule has 2 aromatic heterocycles. The molecule has 4 heteroatoms. The molecule has 2 N–H and O–H groups in total. The first-order valence-corrected chi connectivity index (χ1v) is 5.46. The SMILES string of the molecule is Cn1nccc1C(N)Cc1ccsc1. The van der Waals surface area contributed by atoms with Crippen LogP contribution in [0.4, 0.5) is 0 Å². The Morgan fingerprint density at radius 2 is 2.43 bits per heavy atom. The molecular formula is C10H13N3S. The highest BCUT2D eigenvalue weighted by atomic mass is 32.1. The third kappa shape index (κ3) is 1.86. The third-order valence-electron chi connectivity index (χ3n) is 2.27. The number of nitrogens with two attached hydrogens (primary N) is 1. The molecule has 0 aliphatic carbocycles. The number of hydrogen-bond acceptors (Lipinski definition) is 3. The van der Waals surface area contributed by atoms with Crippen molar-refractivity contribution in [2.75, 3.05) is 0 Å². The zero-order valence-electron chi connectivity index (χ0n) is 8.05. The van der Waals surface area contributed by atoms with E-state index in [1.165, 1.54) is 5.56 Å². The minimum atomic E-state index is 0.0390. The van der Waals surface area contributed by atoms with Gasteiger partial charge in [-0.15, -0.1) is 0 Å². The van der Waals surface area contributed by atoms with Crippen LogP contribution in [0.2, 0.25) is 0 Å². The van der Waals surface area contributed by atoms with Crippen molar-refractivity contribution in [2.24, 2.45) is 12.8 Å². The highest BCUT2D eigenvalue weighted by Crippen LogP contribution is 2.16. The summed E-state index contributed by atoms with van der Waals surface area (Å²) in [5.41, 5.74) is 8.45. The number of aryl methyl sites for hydroxylation is 1. The molecule has 2 aromatic rings. The monoisotopic (exact) mass is 207 g/mol. The van der Waals surface area contributed by atoms with Crippen molar-refractivity contribution in [3.05, 3.63) is 40.3 Å². The predicted molar refractivity (Wildman–Crippen MR) is 58.2 cm³/mol. The molecular weight excluding hydrogens is 194 g/mol. The topological polar surface area (TPSA) is 43.8 Å². The van der Waals surface area contributed by atoms with Gasteiger partial charge in [0.05, 0.1) is 11.7 Å². The van der Waals surface area contributed by atoms with Crippen LogP contribution in [0.25, 0.3) is 0 Å². The zero-order valence-corrected chi connectivity index (χ0v) is 8.87. The van der Waals surface area contributed by atoms with Gasteiger partial charge in [0.15, 0.2) is 0 Å². The maximum absolute atomic E-state index is 6.08. The Kier molecular flexibility index (Phi) is 2.65. The van der Waals surface area contributed by atoms with Crippen LogP contribution in [0, 0.1) is 0 Å². The van der Waals surface area contributed by atoms with Crippen LogP contribution in [0.3, 0.4) is 0 Å². The molecule has 0 saturated heterocycles. The van der Waals surface area contributed by atoms with Crippen LogP contribution in [0.1, 0.15) is 17.3 Å². The molecule has 2 heterocycles. The van der Waals surface area contributed by atoms with Gasteiger partial charge in [-0.2, -0.15) is 16.4 Å². The number of nitrogens with zero attached hydrogens (tertiary/aromatic N) is 2. The normalized spacial score (nSPS) is 13.0. The molecule has 0 aliphatic rings. The molecule has 0 bridgehead atoms. The maximum Gasteiger partial charge on any atom is 0.0551 e. The standard InChI is InChI=1S/C10H13N3S/c1-13-10(2-4-12-13)9(11)6-8-3-5-14-7-8/h2-5,7,9H,6,11H2,1H3. The second-order valence-corrected chi connectivity index (χ2v) is 4.10. The number of hydrogen-bond donors (Lipinski definition) is 1. The first-order valence-electron chi connectivity index (χ1n) is 4.52. The van der Waals surface area contributed by atoms with E-state index in [0.717, 1.165) is 12.1 Å². The molecule has 1 atom stereocenters. The molecule has 1 unspecified atom stereocenters. The lowest BCUT2D eigenvalue weighted by Gasteiger charge is -2.10. The summed E-state index contributed by atoms with van der Waals surface area (Å²) >= 11 is 1.71. The fraction of sp³-hybridized carbons (Fsp3) is 0.300. The molecule has 3 nitrogen and oxygen atoms in total. The molecule has 74 valence electrons. The van der Waals surface area contributed by atoms with Crippen LogP contribution in [-0.2, 0) is 13.5 Å². The molecule has 14 heavy (non-hydrogen) atoms. The van der Waals surface area contributed by atoms with E-state index in [1.54, 1.807) is 17.5 Å². The van der Waals surface area contributed by atoms with Crippen LogP contribution in [-0.4, -0.2) is 9.78 Å². The van der Waals surface area contributed by atoms with Gasteiger partial charge < -0.3 is 5.73 Å². The summed E-state index contributed by atoms with van der Waals surface area (Å²) in [5.74, 6) is 0. The van der Waals surface area contributed by atoms with E-state index in [0.29, 0.717) is 0 Å². The molecule has 0 radical (unpaired) electrons. The summed E-state index contributed by atoms with van der Waals surface area (Å²) in [6.07, 6.45) is 2.66. The summed E-state index contributed by atoms with van der Waals surface area (Å²) in [5, 5.41) is 8.32. The molecule has 0 aromatic carbocycles. The van der Waals surface area contributed by atoms with Crippen LogP contribution in [0.5, 0.6) is 0 Å². The van der Waals surface area contributed by atoms with Crippen molar-refractivity contribution >= 4 is 11.3 Å². The van der Waals surface area contributed by atoms with Gasteiger partial charge in [-0.05, 0) is 34.9 Å². The average Bonchev–Trinajstić information content (AvgIpc) is 2.75. The van der Waals surface area contributed by atoms with Gasteiger partial charge in [0.1, 0.15) is 0 Å². The number of rotatable bonds is 3. The average molecular weight is 207 g/mol. The molecule has 0 spiro atoms. The lowest BCUT2D eigenvalue weighted by Crippen LogP contribution is -2.16. The van der Waals surface area contributed by atoms with Gasteiger partial charge in [0.25, 0.3) is 0 Å². The highest BCUT2D eigenvalue weighted by Gasteiger charge is 2.10.